The van der Waals surface area contributed by atoms with E-state index >= 15 is 0 Å². The molecule has 7 nitrogen and oxygen atoms in total. The molecular weight excluding hydrogens is 538 g/mol. The van der Waals surface area contributed by atoms with Gasteiger partial charge in [-0.05, 0) is 62.5 Å². The van der Waals surface area contributed by atoms with Crippen molar-refractivity contribution in [2.75, 3.05) is 24.6 Å². The Hall–Kier alpha value is -3.68. The van der Waals surface area contributed by atoms with Crippen LogP contribution in [0.3, 0.4) is 0 Å². The molecular formula is C24H23ClF6N6O. The molecule has 0 aromatic heterocycles. The van der Waals surface area contributed by atoms with Crippen LogP contribution in [0.4, 0.5) is 37.7 Å². The molecule has 1 amide bonds. The molecule has 0 N–H and O–H groups in total. The van der Waals surface area contributed by atoms with Gasteiger partial charge in [0.2, 0.25) is 5.91 Å². The molecule has 2 aromatic carbocycles. The molecule has 0 fully saturated rings. The maximum atomic E-state index is 13.4. The Morgan fingerprint density at radius 1 is 0.895 bits per heavy atom. The Bertz CT molecular complexity index is 1230. The van der Waals surface area contributed by atoms with Crippen molar-refractivity contribution in [2.45, 2.75) is 39.0 Å². The number of hydrogen-bond acceptors (Lipinski definition) is 6. The first-order chi connectivity index (χ1) is 17.3. The lowest BCUT2D eigenvalue weighted by atomic mass is 10.1. The molecule has 0 aliphatic carbocycles. The van der Waals surface area contributed by atoms with E-state index in [-0.39, 0.29) is 30.0 Å². The minimum atomic E-state index is -4.81. The summed E-state index contributed by atoms with van der Waals surface area (Å²) in [6, 6.07) is 7.43. The first kappa shape index (κ1) is 32.3. The fourth-order valence-electron chi connectivity index (χ4n) is 3.29. The highest BCUT2D eigenvalue weighted by molar-refractivity contribution is 5.94. The largest absolute Gasteiger partial charge is 0.416 e. The predicted molar refractivity (Wildman–Crippen MR) is 129 cm³/mol. The van der Waals surface area contributed by atoms with Crippen molar-refractivity contribution in [3.8, 4) is 12.1 Å². The number of carbonyl (C=O) groups is 1. The van der Waals surface area contributed by atoms with Gasteiger partial charge in [0.05, 0.1) is 27.9 Å². The highest BCUT2D eigenvalue weighted by Crippen LogP contribution is 2.36. The van der Waals surface area contributed by atoms with Crippen molar-refractivity contribution in [1.82, 2.24) is 4.90 Å². The smallest absolute Gasteiger partial charge is 0.304 e. The lowest BCUT2D eigenvalue weighted by Crippen LogP contribution is -2.29. The lowest BCUT2D eigenvalue weighted by Gasteiger charge is -2.21. The molecule has 0 spiro atoms. The summed E-state index contributed by atoms with van der Waals surface area (Å²) in [7, 11) is 0. The molecule has 0 saturated carbocycles. The maximum Gasteiger partial charge on any atom is 0.416 e. The third kappa shape index (κ3) is 8.43. The van der Waals surface area contributed by atoms with Gasteiger partial charge in [0.25, 0.3) is 0 Å². The predicted octanol–water partition coefficient (Wildman–Crippen LogP) is 7.04. The standard InChI is InChI=1S/C24H22F6N6O.ClH/c1-3-35(4-2)11-5-6-22(37)36(21-13-19(24(28,29)30)10-8-17(21)15-32)34-33-20-12-18(23(25,26)27)9-7-16(20)14-31;/h7-10,12-13H,3-6,11H2,1-2H3;1H/b34-33+;. The van der Waals surface area contributed by atoms with Crippen LogP contribution in [0, 0.1) is 22.7 Å². The van der Waals surface area contributed by atoms with Crippen LogP contribution < -0.4 is 5.01 Å². The minimum absolute atomic E-state index is 0. The van der Waals surface area contributed by atoms with E-state index in [1.54, 1.807) is 12.1 Å². The molecule has 204 valence electrons. The first-order valence-corrected chi connectivity index (χ1v) is 11.0. The molecule has 14 heteroatoms. The molecule has 0 aliphatic heterocycles. The molecule has 0 bridgehead atoms. The summed E-state index contributed by atoms with van der Waals surface area (Å²) >= 11 is 0. The molecule has 2 aromatic rings. The third-order valence-electron chi connectivity index (χ3n) is 5.36. The van der Waals surface area contributed by atoms with Gasteiger partial charge in [0, 0.05) is 6.42 Å². The van der Waals surface area contributed by atoms with Crippen LogP contribution in [0.2, 0.25) is 0 Å². The Balaban J connectivity index is 0.00000722. The monoisotopic (exact) mass is 560 g/mol. The zero-order chi connectivity index (χ0) is 27.8. The second-order valence-corrected chi connectivity index (χ2v) is 7.71. The van der Waals surface area contributed by atoms with Crippen molar-refractivity contribution >= 4 is 29.7 Å². The Kier molecular flexibility index (Phi) is 11.7. The molecule has 38 heavy (non-hydrogen) atoms. The normalized spacial score (nSPS) is 11.7. The summed E-state index contributed by atoms with van der Waals surface area (Å²) in [5, 5.41) is 26.4. The van der Waals surface area contributed by atoms with Crippen molar-refractivity contribution in [3.05, 3.63) is 58.7 Å². The molecule has 0 atom stereocenters. The van der Waals surface area contributed by atoms with E-state index in [1.165, 1.54) is 0 Å². The number of anilines is 1. The molecule has 0 heterocycles. The molecule has 0 unspecified atom stereocenters. The van der Waals surface area contributed by atoms with Crippen molar-refractivity contribution in [3.63, 3.8) is 0 Å². The quantitative estimate of drug-likeness (QED) is 0.187. The Labute approximate surface area is 221 Å². The van der Waals surface area contributed by atoms with E-state index < -0.39 is 40.8 Å². The van der Waals surface area contributed by atoms with Crippen molar-refractivity contribution < 1.29 is 31.1 Å². The number of hydrogen-bond donors (Lipinski definition) is 0. The van der Waals surface area contributed by atoms with E-state index in [2.05, 4.69) is 10.3 Å². The van der Waals surface area contributed by atoms with Crippen LogP contribution in [-0.2, 0) is 17.1 Å². The molecule has 0 aliphatic rings. The number of rotatable bonds is 9. The van der Waals surface area contributed by atoms with Crippen LogP contribution in [-0.4, -0.2) is 30.4 Å². The van der Waals surface area contributed by atoms with E-state index in [9.17, 15) is 41.7 Å². The van der Waals surface area contributed by atoms with Gasteiger partial charge in [0.1, 0.15) is 17.8 Å². The SMILES string of the molecule is CCN(CC)CCCC(=O)N(/N=N/c1cc(C(F)(F)F)ccc1C#N)c1cc(C(F)(F)F)ccc1C#N.Cl. The van der Waals surface area contributed by atoms with Gasteiger partial charge in [-0.3, -0.25) is 4.79 Å². The van der Waals surface area contributed by atoms with Crippen LogP contribution >= 0.6 is 12.4 Å². The summed E-state index contributed by atoms with van der Waals surface area (Å²) in [6.45, 7) is 5.72. The van der Waals surface area contributed by atoms with Gasteiger partial charge in [-0.1, -0.05) is 19.1 Å². The third-order valence-corrected chi connectivity index (χ3v) is 5.36. The van der Waals surface area contributed by atoms with E-state index in [0.29, 0.717) is 55.3 Å². The number of carbonyl (C=O) groups excluding carboxylic acids is 1. The van der Waals surface area contributed by atoms with Gasteiger partial charge in [0.15, 0.2) is 0 Å². The number of nitriles is 2. The van der Waals surface area contributed by atoms with Crippen molar-refractivity contribution in [2.24, 2.45) is 10.3 Å². The summed E-state index contributed by atoms with van der Waals surface area (Å²) < 4.78 is 79.5. The van der Waals surface area contributed by atoms with Crippen molar-refractivity contribution in [1.29, 1.82) is 10.5 Å². The van der Waals surface area contributed by atoms with Crippen LogP contribution in [0.15, 0.2) is 46.7 Å². The number of amides is 1. The summed E-state index contributed by atoms with van der Waals surface area (Å²) in [6.07, 6.45) is -9.50. The zero-order valence-electron chi connectivity index (χ0n) is 20.3. The average Bonchev–Trinajstić information content (AvgIpc) is 2.85. The minimum Gasteiger partial charge on any atom is -0.304 e. The number of nitrogens with zero attached hydrogens (tertiary/aromatic N) is 6. The van der Waals surface area contributed by atoms with Gasteiger partial charge in [-0.15, -0.1) is 17.5 Å². The zero-order valence-corrected chi connectivity index (χ0v) is 21.1. The summed E-state index contributed by atoms with van der Waals surface area (Å²) in [5.41, 5.74) is -4.06. The van der Waals surface area contributed by atoms with Gasteiger partial charge < -0.3 is 4.90 Å². The van der Waals surface area contributed by atoms with Gasteiger partial charge in [-0.25, -0.2) is 0 Å². The molecule has 0 radical (unpaired) electrons. The number of benzene rings is 2. The van der Waals surface area contributed by atoms with Crippen LogP contribution in [0.25, 0.3) is 0 Å². The topological polar surface area (TPSA) is 95.8 Å². The highest BCUT2D eigenvalue weighted by atomic mass is 35.5. The van der Waals surface area contributed by atoms with E-state index in [0.717, 1.165) is 12.1 Å². The first-order valence-electron chi connectivity index (χ1n) is 11.0. The second kappa shape index (κ2) is 13.7. The summed E-state index contributed by atoms with van der Waals surface area (Å²) in [5.74, 6) is -0.836. The second-order valence-electron chi connectivity index (χ2n) is 7.71. The average molecular weight is 561 g/mol. The Morgan fingerprint density at radius 2 is 1.42 bits per heavy atom. The molecule has 2 rings (SSSR count). The van der Waals surface area contributed by atoms with E-state index in [1.807, 2.05) is 18.7 Å². The van der Waals surface area contributed by atoms with Gasteiger partial charge >= 0.3 is 12.4 Å². The highest BCUT2D eigenvalue weighted by Gasteiger charge is 2.33. The fraction of sp³-hybridized carbons (Fsp3) is 0.375. The van der Waals surface area contributed by atoms with E-state index in [4.69, 9.17) is 0 Å². The maximum absolute atomic E-state index is 13.4. The number of halogens is 7. The Morgan fingerprint density at radius 3 is 1.92 bits per heavy atom. The summed E-state index contributed by atoms with van der Waals surface area (Å²) in [4.78, 5) is 15.1. The fourth-order valence-corrected chi connectivity index (χ4v) is 3.29. The number of alkyl halides is 6. The molecule has 0 saturated heterocycles. The van der Waals surface area contributed by atoms with Crippen LogP contribution in [0.5, 0.6) is 0 Å². The van der Waals surface area contributed by atoms with Crippen LogP contribution in [0.1, 0.15) is 48.9 Å². The lowest BCUT2D eigenvalue weighted by molar-refractivity contribution is -0.138. The van der Waals surface area contributed by atoms with Gasteiger partial charge in [-0.2, -0.15) is 41.9 Å².